The van der Waals surface area contributed by atoms with Crippen molar-refractivity contribution in [2.75, 3.05) is 49.3 Å². The van der Waals surface area contributed by atoms with Crippen molar-refractivity contribution in [1.29, 1.82) is 0 Å². The Kier molecular flexibility index (Phi) is 36.6. The molecule has 4 aliphatic heterocycles. The number of aromatic amines is 3. The number of nitrogens with one attached hydrogen (secondary N) is 16. The molecule has 0 aromatic carbocycles. The number of carboxylic acids is 1. The van der Waals surface area contributed by atoms with Gasteiger partial charge in [0.05, 0.1) is 38.6 Å². The van der Waals surface area contributed by atoms with Gasteiger partial charge in [0.25, 0.3) is 0 Å². The van der Waals surface area contributed by atoms with E-state index in [2.05, 4.69) is 99.0 Å². The summed E-state index contributed by atoms with van der Waals surface area (Å²) in [6.45, 7) is 5.75. The van der Waals surface area contributed by atoms with Crippen molar-refractivity contribution >= 4 is 150 Å². The Hall–Kier alpha value is -10.6. The fourth-order valence-corrected chi connectivity index (χ4v) is 17.5. The zero-order valence-electron chi connectivity index (χ0n) is 64.8. The Labute approximate surface area is 686 Å². The van der Waals surface area contributed by atoms with Crippen molar-refractivity contribution in [3.63, 3.8) is 0 Å². The number of carbonyl (C=O) groups excluding carboxylic acids is 17. The Balaban J connectivity index is 1.33. The average Bonchev–Trinajstić information content (AvgIpc) is 1.72. The largest absolute Gasteiger partial charge is 0.481 e. The van der Waals surface area contributed by atoms with Crippen LogP contribution in [-0.4, -0.2) is 296 Å². The first-order valence-corrected chi connectivity index (χ1v) is 42.8. The number of imidazole rings is 3. The summed E-state index contributed by atoms with van der Waals surface area (Å²) in [4.78, 5) is 280. The van der Waals surface area contributed by atoms with Gasteiger partial charge in [-0.3, -0.25) is 86.3 Å². The van der Waals surface area contributed by atoms with Gasteiger partial charge in [0.1, 0.15) is 90.6 Å². The Morgan fingerprint density at radius 2 is 0.923 bits per heavy atom. The monoisotopic (exact) mass is 1710 g/mol. The summed E-state index contributed by atoms with van der Waals surface area (Å²) in [6.07, 6.45) is 5.40. The quantitative estimate of drug-likeness (QED) is 0.0496. The predicted molar refractivity (Wildman–Crippen MR) is 422 cm³/mol. The molecule has 0 saturated carbocycles. The molecule has 4 fully saturated rings. The highest BCUT2D eigenvalue weighted by molar-refractivity contribution is 8.77. The van der Waals surface area contributed by atoms with Crippen LogP contribution < -0.4 is 86.3 Å². The summed E-state index contributed by atoms with van der Waals surface area (Å²) in [6, 6.07) is -24.3. The van der Waals surface area contributed by atoms with Gasteiger partial charge in [-0.05, 0) is 50.9 Å². The Bertz CT molecular complexity index is 4020. The number of aliphatic hydroxyl groups is 1. The van der Waals surface area contributed by atoms with Crippen LogP contribution >= 0.6 is 43.2 Å². The van der Waals surface area contributed by atoms with Gasteiger partial charge in [0, 0.05) is 97.5 Å². The molecule has 642 valence electrons. The topological polar surface area (TPSA) is 675 Å². The number of nitrogens with two attached hydrogens (primary N) is 3. The number of aliphatic hydroxyl groups excluding tert-OH is 1. The number of carbonyl (C=O) groups is 18. The summed E-state index contributed by atoms with van der Waals surface area (Å²) in [5.41, 5.74) is 18.1. The standard InChI is InChI=1S/C69H102N24O20S4/c1-6-32(3)53-66(110)83-40(19-50(71)95)58(102)84-41(17-36-22-74-30-77-36)68(112)93-15-9-11-49(93)65(109)81-38(12-13-52(97)98)57(101)90-54(33(4)7-2)67(111)87-44(55(72)99)25-114-116-28-47-63(107)86-43(24-94)60(104)85-42(18-37-23-75-31-78-37)69(113)92-14-8-10-48(92)64(108)79-34(5)56(100)88-46(27-117-115-26-45(61(105)89-47)80-51(96)20-70)62(106)82-39(59(103)91-53)16-35-21-73-29-76-35/h21-23,29-34,38-49,53-54,94H,6-20,24-28,70H2,1-5H3,(H2,71,95)(H2,72,99)(H,73,76)(H,74,77)(H,75,78)(H,79,108)(H,80,96)(H,81,109)(H,82,106)(H,83,110)(H,84,102)(H,85,104)(H,86,107)(H,87,111)(H,88,100)(H,89,105)(H,90,101)(H,91,103)(H,97,98)/t32-,33-,34-,38-,39-,40-,41-,42-,43-,44-,45-,46-,47-,48-,49-,53-,54-/m0/s1. The number of H-pyrrole nitrogens is 3. The molecule has 48 heteroatoms. The number of aromatic nitrogens is 6. The normalized spacial score (nSPS) is 27.7. The highest BCUT2D eigenvalue weighted by Gasteiger charge is 2.45. The van der Waals surface area contributed by atoms with E-state index in [0.29, 0.717) is 5.69 Å². The lowest BCUT2D eigenvalue weighted by Gasteiger charge is -2.31. The van der Waals surface area contributed by atoms with Gasteiger partial charge in [-0.1, -0.05) is 83.7 Å². The predicted octanol–water partition coefficient (Wildman–Crippen LogP) is -7.75. The molecule has 17 atom stereocenters. The third-order valence-electron chi connectivity index (χ3n) is 19.8. The van der Waals surface area contributed by atoms with E-state index in [0.717, 1.165) is 48.1 Å². The molecule has 24 N–H and O–H groups in total. The molecule has 3 aromatic heterocycles. The maximum Gasteiger partial charge on any atom is 0.303 e. The van der Waals surface area contributed by atoms with Crippen LogP contribution in [0.5, 0.6) is 0 Å². The molecule has 0 spiro atoms. The van der Waals surface area contributed by atoms with Gasteiger partial charge in [-0.15, -0.1) is 0 Å². The van der Waals surface area contributed by atoms with Crippen molar-refractivity contribution in [1.82, 2.24) is 109 Å². The molecule has 0 radical (unpaired) electrons. The molecule has 2 bridgehead atoms. The van der Waals surface area contributed by atoms with E-state index < -0.39 is 264 Å². The van der Waals surface area contributed by atoms with Crippen LogP contribution in [0, 0.1) is 11.8 Å². The smallest absolute Gasteiger partial charge is 0.303 e. The molecule has 4 saturated heterocycles. The maximum absolute atomic E-state index is 15.1. The summed E-state index contributed by atoms with van der Waals surface area (Å²) in [5.74, 6) is -22.1. The molecule has 0 aliphatic carbocycles. The van der Waals surface area contributed by atoms with Gasteiger partial charge < -0.3 is 121 Å². The maximum atomic E-state index is 15.1. The molecule has 17 amide bonds. The lowest BCUT2D eigenvalue weighted by molar-refractivity contribution is -0.143. The molecule has 44 nitrogen and oxygen atoms in total. The van der Waals surface area contributed by atoms with Crippen molar-refractivity contribution in [2.24, 2.45) is 29.0 Å². The third-order valence-corrected chi connectivity index (χ3v) is 24.7. The summed E-state index contributed by atoms with van der Waals surface area (Å²) >= 11 is 0. The van der Waals surface area contributed by atoms with E-state index in [4.69, 9.17) is 17.2 Å². The zero-order valence-corrected chi connectivity index (χ0v) is 68.0. The minimum absolute atomic E-state index is 0.0395. The van der Waals surface area contributed by atoms with E-state index >= 15 is 14.4 Å². The Morgan fingerprint density at radius 1 is 0.504 bits per heavy atom. The van der Waals surface area contributed by atoms with Crippen LogP contribution in [0.15, 0.2) is 37.6 Å². The first-order valence-electron chi connectivity index (χ1n) is 37.8. The summed E-state index contributed by atoms with van der Waals surface area (Å²) in [5, 5.41) is 53.7. The van der Waals surface area contributed by atoms with Crippen LogP contribution in [0.4, 0.5) is 0 Å². The molecule has 4 aliphatic rings. The number of amides is 17. The lowest BCUT2D eigenvalue weighted by atomic mass is 9.96. The molecule has 7 rings (SSSR count). The molecule has 3 aromatic rings. The number of fused-ring (bicyclic) bond motifs is 10. The molecular formula is C69H102N24O20S4. The lowest BCUT2D eigenvalue weighted by Crippen LogP contribution is -2.62. The summed E-state index contributed by atoms with van der Waals surface area (Å²) < 4.78 is 0. The van der Waals surface area contributed by atoms with Crippen LogP contribution in [-0.2, 0) is 106 Å². The van der Waals surface area contributed by atoms with Gasteiger partial charge in [-0.2, -0.15) is 0 Å². The molecule has 117 heavy (non-hydrogen) atoms. The molecule has 7 heterocycles. The van der Waals surface area contributed by atoms with Crippen molar-refractivity contribution in [3.05, 3.63) is 54.7 Å². The van der Waals surface area contributed by atoms with Crippen LogP contribution in [0.25, 0.3) is 0 Å². The average molecular weight is 1720 g/mol. The van der Waals surface area contributed by atoms with Crippen LogP contribution in [0.1, 0.15) is 109 Å². The fourth-order valence-electron chi connectivity index (χ4n) is 12.8. The van der Waals surface area contributed by atoms with E-state index in [1.165, 1.54) is 49.4 Å². The van der Waals surface area contributed by atoms with Gasteiger partial charge in [0.2, 0.25) is 100 Å². The highest BCUT2D eigenvalue weighted by atomic mass is 33.1. The first kappa shape index (κ1) is 93.6. The van der Waals surface area contributed by atoms with Crippen molar-refractivity contribution < 1.29 is 96.5 Å². The summed E-state index contributed by atoms with van der Waals surface area (Å²) in [7, 11) is 3.28. The van der Waals surface area contributed by atoms with Crippen LogP contribution in [0.3, 0.4) is 0 Å². The van der Waals surface area contributed by atoms with E-state index in [1.807, 2.05) is 0 Å². The number of rotatable bonds is 19. The fraction of sp³-hybridized carbons (Fsp3) is 0.609. The highest BCUT2D eigenvalue weighted by Crippen LogP contribution is 2.28. The Morgan fingerprint density at radius 3 is 1.38 bits per heavy atom. The second-order valence-electron chi connectivity index (χ2n) is 28.4. The second-order valence-corrected chi connectivity index (χ2v) is 33.5. The number of primary amides is 2. The SMILES string of the molecule is CC[C@H](C)[C@@H]1NC(=O)[C@H](CCC(=O)O)NC(=O)[C@@H]2CCCN2C(=O)[C@H](Cc2cnc[nH]2)NC(=O)[C@H](CC(N)=O)NC(=O)[C@H]([C@@H](C)CC)NC(=O)[C@H](Cc2cnc[nH]2)NC(=O)[C@@H]2CSSC[C@H](NC(=O)CN)C(=O)N[C@@H](CSSC[C@@H](C(N)=O)NC1=O)C(=O)N[C@@H](CO)C(=O)N[C@@H](Cc1cnc[nH]1)C(=O)N1CCC[C@H]1C(=O)N[C@@H](C)C(=O)N2. The van der Waals surface area contributed by atoms with Gasteiger partial charge in [0.15, 0.2) is 0 Å². The number of hydrogen-bond acceptors (Lipinski definition) is 27. The molecule has 0 unspecified atom stereocenters. The number of aliphatic carboxylic acids is 1. The minimum Gasteiger partial charge on any atom is -0.481 e. The van der Waals surface area contributed by atoms with E-state index in [9.17, 15) is 82.1 Å². The minimum atomic E-state index is -1.89. The van der Waals surface area contributed by atoms with Gasteiger partial charge >= 0.3 is 5.97 Å². The van der Waals surface area contributed by atoms with E-state index in [-0.39, 0.29) is 82.3 Å². The first-order chi connectivity index (χ1) is 55.7. The number of nitrogens with zero attached hydrogens (tertiary/aromatic N) is 5. The van der Waals surface area contributed by atoms with Gasteiger partial charge in [-0.25, -0.2) is 15.0 Å². The third kappa shape index (κ3) is 27.8. The van der Waals surface area contributed by atoms with Crippen molar-refractivity contribution in [3.8, 4) is 0 Å². The van der Waals surface area contributed by atoms with Crippen LogP contribution in [0.2, 0.25) is 0 Å². The second kappa shape index (κ2) is 45.8. The zero-order chi connectivity index (χ0) is 85.7. The van der Waals surface area contributed by atoms with Crippen molar-refractivity contribution in [2.45, 2.75) is 202 Å². The number of hydrogen-bond donors (Lipinski definition) is 21. The number of carboxylic acid groups (broad SMARTS) is 1. The molecular weight excluding hydrogens is 1610 g/mol. The van der Waals surface area contributed by atoms with E-state index in [1.54, 1.807) is 27.7 Å².